The van der Waals surface area contributed by atoms with Crippen LogP contribution in [0.15, 0.2) is 24.3 Å². The van der Waals surface area contributed by atoms with Crippen LogP contribution in [0, 0.1) is 5.92 Å². The summed E-state index contributed by atoms with van der Waals surface area (Å²) in [6.07, 6.45) is 4.48. The minimum absolute atomic E-state index is 0.105. The van der Waals surface area contributed by atoms with Crippen LogP contribution in [0.5, 0.6) is 0 Å². The Morgan fingerprint density at radius 1 is 0.785 bits per heavy atom. The monoisotopic (exact) mass is 953 g/mol. The zero-order valence-electron chi connectivity index (χ0n) is 39.1. The topological polar surface area (TPSA) is 279 Å². The fourth-order valence-electron chi connectivity index (χ4n) is 8.04. The van der Waals surface area contributed by atoms with Crippen LogP contribution in [0.4, 0.5) is 0 Å². The Labute approximate surface area is 387 Å². The molecular weight excluding hydrogens is 867 g/mol. The summed E-state index contributed by atoms with van der Waals surface area (Å²) in [4.78, 5) is 36.5. The van der Waals surface area contributed by atoms with Crippen molar-refractivity contribution < 1.29 is 83.2 Å². The molecule has 2 aliphatic rings. The van der Waals surface area contributed by atoms with Crippen molar-refractivity contribution >= 4 is 19.8 Å². The lowest BCUT2D eigenvalue weighted by Gasteiger charge is -2.39. The van der Waals surface area contributed by atoms with Gasteiger partial charge in [0.2, 0.25) is 0 Å². The fourth-order valence-corrected chi connectivity index (χ4v) is 9.01. The second kappa shape index (κ2) is 34.5. The molecule has 0 radical (unpaired) electrons. The molecule has 2 rings (SSSR count). The van der Waals surface area contributed by atoms with Crippen molar-refractivity contribution in [1.29, 1.82) is 0 Å². The van der Waals surface area contributed by atoms with E-state index in [-0.39, 0.29) is 25.7 Å². The number of fused-ring (bicyclic) bond motifs is 4. The molecule has 0 amide bonds. The molecule has 0 spiro atoms. The van der Waals surface area contributed by atoms with Crippen LogP contribution in [-0.2, 0) is 37.4 Å². The zero-order chi connectivity index (χ0) is 48.0. The number of carbonyl (C=O) groups is 2. The molecule has 0 saturated carbocycles. The Kier molecular flexibility index (Phi) is 31.4. The number of hydrogen-bond acceptors (Lipinski definition) is 16. The molecule has 2 bridgehead atoms. The van der Waals surface area contributed by atoms with Crippen LogP contribution in [-0.4, -0.2) is 138 Å². The number of phosphoric ester groups is 1. The van der Waals surface area contributed by atoms with Gasteiger partial charge in [0.1, 0.15) is 43.2 Å². The first-order chi connectivity index (χ1) is 31.1. The van der Waals surface area contributed by atoms with Gasteiger partial charge in [-0.3, -0.25) is 18.6 Å². The SMILES string of the molecule is CCCCCCCCCCCCCCCCCC(=O)OC[C@@H]1COP(=O)(O)O[C@H]2[C@H](O)[C@@H](O)[C@H](O)[C@@H](C/C=C\CCCC(=O)O1)[C@@H](O)CC(O)O[C@H](C=C[C@@H](O)CCCCC)[C@@H](O)[C@H]2O. The van der Waals surface area contributed by atoms with Gasteiger partial charge < -0.3 is 60.0 Å². The first kappa shape index (κ1) is 59.3. The molecule has 2 aliphatic heterocycles. The Morgan fingerprint density at radius 3 is 1.97 bits per heavy atom. The Hall–Kier alpha value is -1.83. The van der Waals surface area contributed by atoms with Crippen LogP contribution in [0.25, 0.3) is 0 Å². The smallest absolute Gasteiger partial charge is 0.462 e. The number of aliphatic hydroxyl groups excluding tert-OH is 8. The van der Waals surface area contributed by atoms with E-state index >= 15 is 0 Å². The van der Waals surface area contributed by atoms with Crippen molar-refractivity contribution in [1.82, 2.24) is 0 Å². The Morgan fingerprint density at radius 2 is 1.35 bits per heavy atom. The average Bonchev–Trinajstić information content (AvgIpc) is 3.27. The lowest BCUT2D eigenvalue weighted by atomic mass is 9.83. The third kappa shape index (κ3) is 25.4. The Balaban J connectivity index is 2.15. The van der Waals surface area contributed by atoms with Gasteiger partial charge in [0, 0.05) is 25.2 Å². The summed E-state index contributed by atoms with van der Waals surface area (Å²) in [5.74, 6) is -2.60. The molecule has 18 heteroatoms. The van der Waals surface area contributed by atoms with Crippen LogP contribution >= 0.6 is 7.82 Å². The number of ether oxygens (including phenoxy) is 3. The van der Waals surface area contributed by atoms with E-state index in [1.165, 1.54) is 70.3 Å². The van der Waals surface area contributed by atoms with Crippen molar-refractivity contribution in [3.8, 4) is 0 Å². The lowest BCUT2D eigenvalue weighted by Crippen LogP contribution is -2.58. The van der Waals surface area contributed by atoms with E-state index in [0.717, 1.165) is 44.6 Å². The molecule has 0 aliphatic carbocycles. The van der Waals surface area contributed by atoms with Crippen molar-refractivity contribution in [3.05, 3.63) is 24.3 Å². The number of allylic oxidation sites excluding steroid dienone is 2. The molecule has 1 fully saturated rings. The number of esters is 2. The molecule has 0 aromatic heterocycles. The Bertz CT molecular complexity index is 1370. The molecule has 380 valence electrons. The summed E-state index contributed by atoms with van der Waals surface area (Å²) in [6.45, 7) is 2.80. The van der Waals surface area contributed by atoms with E-state index < -0.39 is 113 Å². The fraction of sp³-hybridized carbons (Fsp3) is 0.872. The minimum atomic E-state index is -5.46. The second-order valence-corrected chi connectivity index (χ2v) is 19.3. The highest BCUT2D eigenvalue weighted by atomic mass is 31.2. The molecule has 17 nitrogen and oxygen atoms in total. The van der Waals surface area contributed by atoms with Gasteiger partial charge in [-0.2, -0.15) is 0 Å². The van der Waals surface area contributed by atoms with Crippen molar-refractivity contribution in [3.63, 3.8) is 0 Å². The molecule has 1 saturated heterocycles. The van der Waals surface area contributed by atoms with Crippen molar-refractivity contribution in [2.45, 2.75) is 242 Å². The van der Waals surface area contributed by atoms with Gasteiger partial charge in [-0.15, -0.1) is 0 Å². The highest BCUT2D eigenvalue weighted by Crippen LogP contribution is 2.47. The van der Waals surface area contributed by atoms with Gasteiger partial charge in [0.15, 0.2) is 12.4 Å². The summed E-state index contributed by atoms with van der Waals surface area (Å²) in [6, 6.07) is 0. The maximum atomic E-state index is 13.5. The van der Waals surface area contributed by atoms with Gasteiger partial charge in [-0.1, -0.05) is 147 Å². The largest absolute Gasteiger partial charge is 0.472 e. The average molecular weight is 953 g/mol. The van der Waals surface area contributed by atoms with Crippen LogP contribution < -0.4 is 0 Å². The third-order valence-electron chi connectivity index (χ3n) is 12.1. The summed E-state index contributed by atoms with van der Waals surface area (Å²) in [7, 11) is -5.46. The third-order valence-corrected chi connectivity index (χ3v) is 13.1. The first-order valence-electron chi connectivity index (χ1n) is 24.5. The summed E-state index contributed by atoms with van der Waals surface area (Å²) in [5, 5.41) is 89.2. The second-order valence-electron chi connectivity index (χ2n) is 17.9. The van der Waals surface area contributed by atoms with Crippen molar-refractivity contribution in [2.24, 2.45) is 5.92 Å². The summed E-state index contributed by atoms with van der Waals surface area (Å²) < 4.78 is 40.3. The van der Waals surface area contributed by atoms with E-state index in [0.29, 0.717) is 25.7 Å². The number of phosphoric acid groups is 1. The predicted molar refractivity (Wildman–Crippen MR) is 243 cm³/mol. The number of cyclic esters (lactones) is 1. The van der Waals surface area contributed by atoms with Crippen molar-refractivity contribution in [2.75, 3.05) is 13.2 Å². The van der Waals surface area contributed by atoms with Gasteiger partial charge in [-0.25, -0.2) is 4.57 Å². The molecular formula is C47H85O17P. The zero-order valence-corrected chi connectivity index (χ0v) is 40.0. The number of rotatable bonds is 24. The number of carbonyl (C=O) groups excluding carboxylic acids is 2. The molecule has 0 aromatic rings. The van der Waals surface area contributed by atoms with E-state index in [1.807, 2.05) is 6.92 Å². The molecule has 13 atom stereocenters. The van der Waals surface area contributed by atoms with Gasteiger partial charge in [-0.05, 0) is 32.1 Å². The number of aliphatic hydroxyl groups is 8. The van der Waals surface area contributed by atoms with Crippen LogP contribution in [0.3, 0.4) is 0 Å². The summed E-state index contributed by atoms with van der Waals surface area (Å²) in [5.41, 5.74) is 0. The van der Waals surface area contributed by atoms with Gasteiger partial charge in [0.25, 0.3) is 0 Å². The highest BCUT2D eigenvalue weighted by molar-refractivity contribution is 7.47. The molecule has 65 heavy (non-hydrogen) atoms. The molecule has 0 aromatic carbocycles. The van der Waals surface area contributed by atoms with E-state index in [9.17, 15) is 59.9 Å². The standard InChI is InChI=1S/C47H85O17P/c1-3-5-7-8-9-10-11-12-13-14-15-16-17-18-23-27-39(50)60-32-35-33-61-65(58,59)64-47-45(56)43(54)38(30-29-34(48)25-21-6-4-2)63-41(52)31-37(49)36(42(53)44(55)46(47)57)26-22-19-20-24-28-40(51)62-35/h19,22,29-30,34-38,41-49,52-57H,3-18,20-21,23-28,31-33H2,1-2H3,(H,58,59)/b22-19-,30-29?/t34-,35+,36-,37-,38+,41?,42+,43+,44-,45+,46+,47+/m0/s1. The number of unbranched alkanes of at least 4 members (excludes halogenated alkanes) is 16. The quantitative estimate of drug-likeness (QED) is 0.0242. The predicted octanol–water partition coefficient (Wildman–Crippen LogP) is 5.72. The van der Waals surface area contributed by atoms with E-state index in [4.69, 9.17) is 23.3 Å². The van der Waals surface area contributed by atoms with E-state index in [2.05, 4.69) is 6.92 Å². The minimum Gasteiger partial charge on any atom is -0.462 e. The first-order valence-corrected chi connectivity index (χ1v) is 26.0. The molecule has 9 N–H and O–H groups in total. The van der Waals surface area contributed by atoms with Crippen LogP contribution in [0.1, 0.15) is 174 Å². The summed E-state index contributed by atoms with van der Waals surface area (Å²) >= 11 is 0. The maximum Gasteiger partial charge on any atom is 0.472 e. The van der Waals surface area contributed by atoms with Crippen LogP contribution in [0.2, 0.25) is 0 Å². The van der Waals surface area contributed by atoms with E-state index in [1.54, 1.807) is 12.2 Å². The highest BCUT2D eigenvalue weighted by Gasteiger charge is 2.48. The lowest BCUT2D eigenvalue weighted by molar-refractivity contribution is -0.213. The normalized spacial score (nSPS) is 32.5. The maximum absolute atomic E-state index is 13.5. The molecule has 2 unspecified atom stereocenters. The molecule has 2 heterocycles. The number of hydrogen-bond donors (Lipinski definition) is 9. The van der Waals surface area contributed by atoms with Gasteiger partial charge in [0.05, 0.1) is 24.9 Å². The van der Waals surface area contributed by atoms with Gasteiger partial charge >= 0.3 is 19.8 Å².